The van der Waals surface area contributed by atoms with Gasteiger partial charge in [0.25, 0.3) is 0 Å². The summed E-state index contributed by atoms with van der Waals surface area (Å²) in [7, 11) is 0. The zero-order chi connectivity index (χ0) is 14.0. The van der Waals surface area contributed by atoms with E-state index in [9.17, 15) is 0 Å². The van der Waals surface area contributed by atoms with Crippen molar-refractivity contribution in [2.45, 2.75) is 52.5 Å². The van der Waals surface area contributed by atoms with Crippen molar-refractivity contribution >= 4 is 0 Å². The van der Waals surface area contributed by atoms with Crippen LogP contribution in [-0.2, 0) is 13.0 Å². The maximum Gasteiger partial charge on any atom is 0.119 e. The van der Waals surface area contributed by atoms with Crippen LogP contribution in [0.4, 0.5) is 0 Å². The van der Waals surface area contributed by atoms with Gasteiger partial charge in [0, 0.05) is 6.54 Å². The summed E-state index contributed by atoms with van der Waals surface area (Å²) in [5, 5.41) is 3.41. The van der Waals surface area contributed by atoms with Gasteiger partial charge in [-0.1, -0.05) is 26.3 Å². The lowest BCUT2D eigenvalue weighted by molar-refractivity contribution is 0.129. The van der Waals surface area contributed by atoms with Gasteiger partial charge in [-0.15, -0.1) is 0 Å². The summed E-state index contributed by atoms with van der Waals surface area (Å²) in [6, 6.07) is 6.62. The van der Waals surface area contributed by atoms with Crippen LogP contribution in [0.2, 0.25) is 0 Å². The molecule has 2 nitrogen and oxygen atoms in total. The van der Waals surface area contributed by atoms with Gasteiger partial charge < -0.3 is 10.1 Å². The minimum atomic E-state index is 0.508. The molecule has 1 heterocycles. The summed E-state index contributed by atoms with van der Waals surface area (Å²) < 4.78 is 6.08. The summed E-state index contributed by atoms with van der Waals surface area (Å²) in [4.78, 5) is 0. The van der Waals surface area contributed by atoms with Crippen molar-refractivity contribution in [2.75, 3.05) is 13.2 Å². The van der Waals surface area contributed by atoms with Gasteiger partial charge in [-0.05, 0) is 66.8 Å². The van der Waals surface area contributed by atoms with Gasteiger partial charge in [0.1, 0.15) is 5.75 Å². The molecule has 110 valence electrons. The van der Waals surface area contributed by atoms with E-state index in [0.29, 0.717) is 5.41 Å². The molecule has 1 fully saturated rings. The highest BCUT2D eigenvalue weighted by molar-refractivity contribution is 5.37. The van der Waals surface area contributed by atoms with Crippen molar-refractivity contribution in [1.82, 2.24) is 5.32 Å². The number of nitrogens with one attached hydrogen (secondary N) is 1. The van der Waals surface area contributed by atoms with Crippen LogP contribution in [0.15, 0.2) is 18.2 Å². The Hall–Kier alpha value is -1.02. The second kappa shape index (κ2) is 5.77. The predicted molar refractivity (Wildman–Crippen MR) is 83.1 cm³/mol. The Morgan fingerprint density at radius 2 is 2.20 bits per heavy atom. The summed E-state index contributed by atoms with van der Waals surface area (Å²) in [6.07, 6.45) is 6.50. The molecule has 1 unspecified atom stereocenters. The Bertz CT molecular complexity index is 466. The van der Waals surface area contributed by atoms with Crippen LogP contribution in [-0.4, -0.2) is 13.2 Å². The normalized spacial score (nSPS) is 25.0. The van der Waals surface area contributed by atoms with Gasteiger partial charge >= 0.3 is 0 Å². The Kier molecular flexibility index (Phi) is 4.02. The Morgan fingerprint density at radius 3 is 3.05 bits per heavy atom. The smallest absolute Gasteiger partial charge is 0.119 e. The molecule has 1 aromatic rings. The first-order valence-corrected chi connectivity index (χ1v) is 8.08. The van der Waals surface area contributed by atoms with Gasteiger partial charge in [0.2, 0.25) is 0 Å². The minimum absolute atomic E-state index is 0.508. The number of rotatable bonds is 3. The second-order valence-electron chi connectivity index (χ2n) is 7.29. The fraction of sp³-hybridized carbons (Fsp3) is 0.667. The zero-order valence-corrected chi connectivity index (χ0v) is 12.9. The van der Waals surface area contributed by atoms with Crippen LogP contribution in [0.1, 0.15) is 50.7 Å². The molecule has 1 atom stereocenters. The van der Waals surface area contributed by atoms with E-state index in [4.69, 9.17) is 4.74 Å². The zero-order valence-electron chi connectivity index (χ0n) is 12.9. The van der Waals surface area contributed by atoms with Crippen molar-refractivity contribution < 1.29 is 4.74 Å². The highest BCUT2D eigenvalue weighted by atomic mass is 16.5. The van der Waals surface area contributed by atoms with Gasteiger partial charge in [-0.3, -0.25) is 0 Å². The summed E-state index contributed by atoms with van der Waals surface area (Å²) in [5.41, 5.74) is 3.40. The molecule has 0 bridgehead atoms. The van der Waals surface area contributed by atoms with Gasteiger partial charge in [-0.25, -0.2) is 0 Å². The molecule has 0 saturated heterocycles. The SMILES string of the molecule is CC1(C)CCCC(COc2ccc3c(c2)CCNC3)C1. The molecule has 2 heteroatoms. The number of ether oxygens (including phenoxy) is 1. The lowest BCUT2D eigenvalue weighted by Crippen LogP contribution is -2.26. The lowest BCUT2D eigenvalue weighted by atomic mass is 9.72. The quantitative estimate of drug-likeness (QED) is 0.901. The van der Waals surface area contributed by atoms with Crippen LogP contribution in [0.25, 0.3) is 0 Å². The third-order valence-corrected chi connectivity index (χ3v) is 4.86. The molecule has 1 N–H and O–H groups in total. The summed E-state index contributed by atoms with van der Waals surface area (Å²) in [6.45, 7) is 7.77. The second-order valence-corrected chi connectivity index (χ2v) is 7.29. The van der Waals surface area contributed by atoms with E-state index in [1.54, 1.807) is 0 Å². The van der Waals surface area contributed by atoms with Crippen molar-refractivity contribution in [3.8, 4) is 5.75 Å². The van der Waals surface area contributed by atoms with Gasteiger partial charge in [-0.2, -0.15) is 0 Å². The average Bonchev–Trinajstić information content (AvgIpc) is 2.44. The van der Waals surface area contributed by atoms with E-state index in [1.807, 2.05) is 0 Å². The Balaban J connectivity index is 1.58. The average molecular weight is 273 g/mol. The number of benzene rings is 1. The fourth-order valence-electron chi connectivity index (χ4n) is 3.75. The van der Waals surface area contributed by atoms with E-state index < -0.39 is 0 Å². The molecule has 1 aromatic carbocycles. The highest BCUT2D eigenvalue weighted by Gasteiger charge is 2.28. The first kappa shape index (κ1) is 13.9. The van der Waals surface area contributed by atoms with Crippen LogP contribution >= 0.6 is 0 Å². The minimum Gasteiger partial charge on any atom is -0.493 e. The van der Waals surface area contributed by atoms with Gasteiger partial charge in [0.05, 0.1) is 6.61 Å². The van der Waals surface area contributed by atoms with E-state index in [-0.39, 0.29) is 0 Å². The molecule has 0 amide bonds. The van der Waals surface area contributed by atoms with E-state index >= 15 is 0 Å². The fourth-order valence-corrected chi connectivity index (χ4v) is 3.75. The van der Waals surface area contributed by atoms with Gasteiger partial charge in [0.15, 0.2) is 0 Å². The van der Waals surface area contributed by atoms with Crippen LogP contribution in [0.3, 0.4) is 0 Å². The molecule has 2 aliphatic rings. The summed E-state index contributed by atoms with van der Waals surface area (Å²) in [5.74, 6) is 1.80. The van der Waals surface area contributed by atoms with Crippen molar-refractivity contribution in [1.29, 1.82) is 0 Å². The molecular formula is C18H27NO. The molecular weight excluding hydrogens is 246 g/mol. The molecule has 0 spiro atoms. The molecule has 3 rings (SSSR count). The molecule has 1 saturated carbocycles. The predicted octanol–water partition coefficient (Wildman–Crippen LogP) is 3.93. The summed E-state index contributed by atoms with van der Waals surface area (Å²) >= 11 is 0. The monoisotopic (exact) mass is 273 g/mol. The molecule has 0 aromatic heterocycles. The van der Waals surface area contributed by atoms with Crippen molar-refractivity contribution in [2.24, 2.45) is 11.3 Å². The first-order chi connectivity index (χ1) is 9.62. The van der Waals surface area contributed by atoms with Crippen LogP contribution in [0.5, 0.6) is 5.75 Å². The topological polar surface area (TPSA) is 21.3 Å². The lowest BCUT2D eigenvalue weighted by Gasteiger charge is -2.35. The number of hydrogen-bond acceptors (Lipinski definition) is 2. The van der Waals surface area contributed by atoms with Crippen LogP contribution < -0.4 is 10.1 Å². The van der Waals surface area contributed by atoms with E-state index in [0.717, 1.165) is 37.8 Å². The van der Waals surface area contributed by atoms with Crippen molar-refractivity contribution in [3.63, 3.8) is 0 Å². The standard InChI is InChI=1S/C18H27NO/c1-18(2)8-3-4-14(11-18)13-20-17-6-5-16-12-19-9-7-15(16)10-17/h5-6,10,14,19H,3-4,7-9,11-13H2,1-2H3. The van der Waals surface area contributed by atoms with E-state index in [1.165, 1.54) is 36.8 Å². The van der Waals surface area contributed by atoms with E-state index in [2.05, 4.69) is 37.4 Å². The molecule has 1 aliphatic carbocycles. The third-order valence-electron chi connectivity index (χ3n) is 4.86. The van der Waals surface area contributed by atoms with Crippen molar-refractivity contribution in [3.05, 3.63) is 29.3 Å². The molecule has 1 aliphatic heterocycles. The molecule has 20 heavy (non-hydrogen) atoms. The third kappa shape index (κ3) is 3.35. The Morgan fingerprint density at radius 1 is 1.30 bits per heavy atom. The largest absolute Gasteiger partial charge is 0.493 e. The van der Waals surface area contributed by atoms with Crippen LogP contribution in [0, 0.1) is 11.3 Å². The maximum atomic E-state index is 6.08. The number of fused-ring (bicyclic) bond motifs is 1. The maximum absolute atomic E-state index is 6.08. The molecule has 0 radical (unpaired) electrons. The first-order valence-electron chi connectivity index (χ1n) is 8.08. The Labute approximate surface area is 122 Å². The highest BCUT2D eigenvalue weighted by Crippen LogP contribution is 2.38. The number of hydrogen-bond donors (Lipinski definition) is 1.